The average molecular weight is 320 g/mol. The molecule has 128 valence electrons. The first-order valence-electron chi connectivity index (χ1n) is 8.37. The van der Waals surface area contributed by atoms with Gasteiger partial charge in [0.2, 0.25) is 0 Å². The Hall–Kier alpha value is -1.62. The van der Waals surface area contributed by atoms with Gasteiger partial charge in [-0.15, -0.1) is 0 Å². The second kappa shape index (κ2) is 7.30. The molecular formula is C18H28N2O3. The maximum Gasteiger partial charge on any atom is 0.338 e. The van der Waals surface area contributed by atoms with Gasteiger partial charge < -0.3 is 14.4 Å². The number of carbonyl (C=O) groups is 1. The van der Waals surface area contributed by atoms with Crippen molar-refractivity contribution in [2.24, 2.45) is 0 Å². The first kappa shape index (κ1) is 17.7. The molecule has 1 aliphatic heterocycles. The molecule has 1 aromatic heterocycles. The zero-order chi connectivity index (χ0) is 17.0. The normalized spacial score (nSPS) is 22.0. The Morgan fingerprint density at radius 3 is 2.83 bits per heavy atom. The molecule has 0 bridgehead atoms. The summed E-state index contributed by atoms with van der Waals surface area (Å²) in [4.78, 5) is 19.1. The summed E-state index contributed by atoms with van der Waals surface area (Å²) in [6.07, 6.45) is 3.81. The molecule has 1 aromatic rings. The minimum absolute atomic E-state index is 0.238. The lowest BCUT2D eigenvalue weighted by Gasteiger charge is -2.41. The van der Waals surface area contributed by atoms with Gasteiger partial charge in [-0.3, -0.25) is 0 Å². The number of ether oxygens (including phenoxy) is 2. The van der Waals surface area contributed by atoms with Crippen molar-refractivity contribution in [3.05, 3.63) is 23.9 Å². The molecule has 0 radical (unpaired) electrons. The van der Waals surface area contributed by atoms with E-state index in [4.69, 9.17) is 9.47 Å². The van der Waals surface area contributed by atoms with Crippen LogP contribution in [0.2, 0.25) is 0 Å². The fourth-order valence-electron chi connectivity index (χ4n) is 2.89. The molecule has 1 aliphatic rings. The molecule has 1 saturated heterocycles. The number of morpholine rings is 1. The van der Waals surface area contributed by atoms with Crippen LogP contribution >= 0.6 is 0 Å². The van der Waals surface area contributed by atoms with E-state index in [9.17, 15) is 4.79 Å². The monoisotopic (exact) mass is 320 g/mol. The molecule has 0 spiro atoms. The second-order valence-corrected chi connectivity index (χ2v) is 7.14. The van der Waals surface area contributed by atoms with E-state index in [0.717, 1.165) is 18.7 Å². The van der Waals surface area contributed by atoms with Gasteiger partial charge in [0.25, 0.3) is 0 Å². The highest BCUT2D eigenvalue weighted by Gasteiger charge is 2.29. The zero-order valence-electron chi connectivity index (χ0n) is 14.8. The Morgan fingerprint density at radius 2 is 2.17 bits per heavy atom. The smallest absolute Gasteiger partial charge is 0.338 e. The van der Waals surface area contributed by atoms with Crippen LogP contribution in [-0.4, -0.2) is 41.9 Å². The molecular weight excluding hydrogens is 292 g/mol. The van der Waals surface area contributed by atoms with E-state index in [1.54, 1.807) is 12.3 Å². The largest absolute Gasteiger partial charge is 0.456 e. The van der Waals surface area contributed by atoms with Crippen molar-refractivity contribution in [1.29, 1.82) is 0 Å². The Kier molecular flexibility index (Phi) is 5.63. The fraction of sp³-hybridized carbons (Fsp3) is 0.667. The van der Waals surface area contributed by atoms with Crippen LogP contribution in [0.15, 0.2) is 18.3 Å². The molecule has 0 aromatic carbocycles. The van der Waals surface area contributed by atoms with Crippen LogP contribution < -0.4 is 4.90 Å². The molecule has 23 heavy (non-hydrogen) atoms. The number of pyridine rings is 1. The van der Waals surface area contributed by atoms with Gasteiger partial charge in [0.15, 0.2) is 0 Å². The minimum Gasteiger partial charge on any atom is -0.456 e. The molecule has 2 heterocycles. The van der Waals surface area contributed by atoms with Gasteiger partial charge >= 0.3 is 5.97 Å². The number of nitrogens with zero attached hydrogens (tertiary/aromatic N) is 2. The summed E-state index contributed by atoms with van der Waals surface area (Å²) < 4.78 is 11.1. The van der Waals surface area contributed by atoms with Gasteiger partial charge in [0.1, 0.15) is 11.4 Å². The molecule has 2 atom stereocenters. The number of carbonyl (C=O) groups excluding carboxylic acids is 1. The van der Waals surface area contributed by atoms with Crippen molar-refractivity contribution in [3.8, 4) is 0 Å². The SMILES string of the molecule is CCCC1COCC(C)N1c1cc(C(=O)OC(C)(C)C)ccn1. The van der Waals surface area contributed by atoms with E-state index >= 15 is 0 Å². The molecule has 0 amide bonds. The topological polar surface area (TPSA) is 51.7 Å². The Bertz CT molecular complexity index is 537. The maximum absolute atomic E-state index is 12.3. The van der Waals surface area contributed by atoms with Crippen molar-refractivity contribution in [2.45, 2.75) is 65.1 Å². The highest BCUT2D eigenvalue weighted by Crippen LogP contribution is 2.25. The number of esters is 1. The summed E-state index contributed by atoms with van der Waals surface area (Å²) in [5, 5.41) is 0. The van der Waals surface area contributed by atoms with E-state index in [2.05, 4.69) is 23.7 Å². The van der Waals surface area contributed by atoms with E-state index < -0.39 is 5.60 Å². The van der Waals surface area contributed by atoms with Crippen molar-refractivity contribution in [2.75, 3.05) is 18.1 Å². The summed E-state index contributed by atoms with van der Waals surface area (Å²) in [7, 11) is 0. The predicted octanol–water partition coefficient (Wildman–Crippen LogP) is 3.43. The Labute approximate surface area is 139 Å². The molecule has 2 rings (SSSR count). The highest BCUT2D eigenvalue weighted by atomic mass is 16.6. The summed E-state index contributed by atoms with van der Waals surface area (Å²) in [6.45, 7) is 11.3. The first-order valence-corrected chi connectivity index (χ1v) is 8.37. The number of hydrogen-bond acceptors (Lipinski definition) is 5. The second-order valence-electron chi connectivity index (χ2n) is 7.14. The number of hydrogen-bond donors (Lipinski definition) is 0. The van der Waals surface area contributed by atoms with Gasteiger partial charge in [0.05, 0.1) is 30.9 Å². The molecule has 0 N–H and O–H groups in total. The molecule has 2 unspecified atom stereocenters. The lowest BCUT2D eigenvalue weighted by Crippen LogP contribution is -2.51. The van der Waals surface area contributed by atoms with Crippen LogP contribution in [0.4, 0.5) is 5.82 Å². The summed E-state index contributed by atoms with van der Waals surface area (Å²) >= 11 is 0. The van der Waals surface area contributed by atoms with Crippen molar-refractivity contribution in [1.82, 2.24) is 4.98 Å². The lowest BCUT2D eigenvalue weighted by molar-refractivity contribution is 0.00693. The van der Waals surface area contributed by atoms with Crippen LogP contribution in [0.1, 0.15) is 57.8 Å². The van der Waals surface area contributed by atoms with Crippen LogP contribution in [0.5, 0.6) is 0 Å². The number of aromatic nitrogens is 1. The zero-order valence-corrected chi connectivity index (χ0v) is 14.8. The van der Waals surface area contributed by atoms with Crippen molar-refractivity contribution < 1.29 is 14.3 Å². The molecule has 0 aliphatic carbocycles. The third-order valence-corrected chi connectivity index (χ3v) is 3.80. The minimum atomic E-state index is -0.502. The summed E-state index contributed by atoms with van der Waals surface area (Å²) in [6, 6.07) is 4.07. The average Bonchev–Trinajstić information content (AvgIpc) is 2.46. The van der Waals surface area contributed by atoms with E-state index in [-0.39, 0.29) is 12.0 Å². The summed E-state index contributed by atoms with van der Waals surface area (Å²) in [5.41, 5.74) is 0.0382. The predicted molar refractivity (Wildman–Crippen MR) is 90.9 cm³/mol. The van der Waals surface area contributed by atoms with Crippen molar-refractivity contribution >= 4 is 11.8 Å². The van der Waals surface area contributed by atoms with E-state index in [1.807, 2.05) is 26.8 Å². The quantitative estimate of drug-likeness (QED) is 0.796. The summed E-state index contributed by atoms with van der Waals surface area (Å²) in [5.74, 6) is 0.511. The standard InChI is InChI=1S/C18H28N2O3/c1-6-7-15-12-22-11-13(2)20(15)16-10-14(8-9-19-16)17(21)23-18(3,4)5/h8-10,13,15H,6-7,11-12H2,1-5H3. The maximum atomic E-state index is 12.3. The van der Waals surface area contributed by atoms with Gasteiger partial charge in [-0.25, -0.2) is 9.78 Å². The Balaban J connectivity index is 2.24. The van der Waals surface area contributed by atoms with Gasteiger partial charge in [-0.1, -0.05) is 13.3 Å². The highest BCUT2D eigenvalue weighted by molar-refractivity contribution is 5.90. The van der Waals surface area contributed by atoms with Gasteiger partial charge in [-0.2, -0.15) is 0 Å². The lowest BCUT2D eigenvalue weighted by atomic mass is 10.1. The Morgan fingerprint density at radius 1 is 1.43 bits per heavy atom. The third kappa shape index (κ3) is 4.67. The molecule has 1 fully saturated rings. The van der Waals surface area contributed by atoms with Crippen LogP contribution in [0.25, 0.3) is 0 Å². The van der Waals surface area contributed by atoms with Crippen molar-refractivity contribution in [3.63, 3.8) is 0 Å². The molecule has 5 heteroatoms. The number of anilines is 1. The third-order valence-electron chi connectivity index (χ3n) is 3.80. The van der Waals surface area contributed by atoms with E-state index in [0.29, 0.717) is 24.8 Å². The van der Waals surface area contributed by atoms with Crippen LogP contribution in [0, 0.1) is 0 Å². The fourth-order valence-corrected chi connectivity index (χ4v) is 2.89. The van der Waals surface area contributed by atoms with Gasteiger partial charge in [-0.05, 0) is 46.2 Å². The van der Waals surface area contributed by atoms with Gasteiger partial charge in [0, 0.05) is 6.20 Å². The van der Waals surface area contributed by atoms with Crippen LogP contribution in [0.3, 0.4) is 0 Å². The molecule has 0 saturated carbocycles. The number of rotatable bonds is 4. The van der Waals surface area contributed by atoms with Crippen LogP contribution in [-0.2, 0) is 9.47 Å². The van der Waals surface area contributed by atoms with E-state index in [1.165, 1.54) is 0 Å². The first-order chi connectivity index (χ1) is 10.8. The molecule has 5 nitrogen and oxygen atoms in total.